The van der Waals surface area contributed by atoms with E-state index >= 15 is 0 Å². The second kappa shape index (κ2) is 7.81. The summed E-state index contributed by atoms with van der Waals surface area (Å²) in [5.41, 5.74) is 0.400. The van der Waals surface area contributed by atoms with Gasteiger partial charge in [0.25, 0.3) is 5.91 Å². The number of hydrogen-bond acceptors (Lipinski definition) is 4. The summed E-state index contributed by atoms with van der Waals surface area (Å²) < 4.78 is 5.06. The number of amides is 2. The molecule has 1 aliphatic heterocycles. The van der Waals surface area contributed by atoms with Crippen molar-refractivity contribution in [2.24, 2.45) is 5.92 Å². The normalized spacial score (nSPS) is 20.3. The van der Waals surface area contributed by atoms with E-state index in [4.69, 9.17) is 9.84 Å². The highest BCUT2D eigenvalue weighted by Crippen LogP contribution is 2.22. The molecule has 0 spiro atoms. The van der Waals surface area contributed by atoms with Crippen molar-refractivity contribution < 1.29 is 24.2 Å². The molecule has 1 aromatic rings. The quantitative estimate of drug-likeness (QED) is 0.842. The smallest absolute Gasteiger partial charge is 0.308 e. The average Bonchev–Trinajstić information content (AvgIpc) is 2.59. The maximum atomic E-state index is 12.3. The van der Waals surface area contributed by atoms with E-state index in [2.05, 4.69) is 5.32 Å². The highest BCUT2D eigenvalue weighted by molar-refractivity contribution is 5.96. The number of likely N-dealkylation sites (tertiary alicyclic amines) is 1. The molecule has 7 nitrogen and oxygen atoms in total. The summed E-state index contributed by atoms with van der Waals surface area (Å²) in [7, 11) is 1.51. The van der Waals surface area contributed by atoms with Gasteiger partial charge in [0.1, 0.15) is 5.75 Å². The van der Waals surface area contributed by atoms with Crippen molar-refractivity contribution >= 4 is 17.8 Å². The number of methoxy groups -OCH3 is 1. The number of carboxylic acids is 1. The maximum Gasteiger partial charge on any atom is 0.308 e. The summed E-state index contributed by atoms with van der Waals surface area (Å²) in [6.45, 7) is 1.91. The van der Waals surface area contributed by atoms with E-state index in [1.807, 2.05) is 6.92 Å². The van der Waals surface area contributed by atoms with Crippen LogP contribution in [0.1, 0.15) is 30.1 Å². The number of hydrogen-bond donors (Lipinski definition) is 2. The van der Waals surface area contributed by atoms with Gasteiger partial charge in [0.2, 0.25) is 5.91 Å². The SMILES string of the molecule is COc1cccc(C(=O)NCC(=O)N2CC(C(=O)O)CCC2C)c1. The van der Waals surface area contributed by atoms with Crippen LogP contribution >= 0.6 is 0 Å². The first-order chi connectivity index (χ1) is 11.4. The molecule has 0 aliphatic carbocycles. The number of benzene rings is 1. The van der Waals surface area contributed by atoms with Crippen molar-refractivity contribution in [1.82, 2.24) is 10.2 Å². The van der Waals surface area contributed by atoms with Crippen molar-refractivity contribution in [2.45, 2.75) is 25.8 Å². The van der Waals surface area contributed by atoms with Crippen LogP contribution in [0.4, 0.5) is 0 Å². The minimum Gasteiger partial charge on any atom is -0.497 e. The Balaban J connectivity index is 1.93. The van der Waals surface area contributed by atoms with Crippen LogP contribution in [0.3, 0.4) is 0 Å². The molecule has 24 heavy (non-hydrogen) atoms. The number of carbonyl (C=O) groups is 3. The molecule has 0 radical (unpaired) electrons. The molecule has 1 fully saturated rings. The Morgan fingerprint density at radius 2 is 2.08 bits per heavy atom. The molecule has 7 heteroatoms. The van der Waals surface area contributed by atoms with Crippen LogP contribution in [0, 0.1) is 5.92 Å². The second-order valence-corrected chi connectivity index (χ2v) is 5.92. The molecule has 1 aliphatic rings. The van der Waals surface area contributed by atoms with Crippen LogP contribution in [0.15, 0.2) is 24.3 Å². The van der Waals surface area contributed by atoms with Crippen LogP contribution in [0.5, 0.6) is 5.75 Å². The monoisotopic (exact) mass is 334 g/mol. The van der Waals surface area contributed by atoms with E-state index in [1.54, 1.807) is 24.3 Å². The van der Waals surface area contributed by atoms with Gasteiger partial charge in [-0.05, 0) is 38.0 Å². The van der Waals surface area contributed by atoms with E-state index in [0.29, 0.717) is 24.2 Å². The molecular formula is C17H22N2O5. The standard InChI is InChI=1S/C17H22N2O5/c1-11-6-7-13(17(22)23)10-19(11)15(20)9-18-16(21)12-4-3-5-14(8-12)24-2/h3-5,8,11,13H,6-7,9-10H2,1-2H3,(H,18,21)(H,22,23). The summed E-state index contributed by atoms with van der Waals surface area (Å²) in [5.74, 6) is -1.52. The fraction of sp³-hybridized carbons (Fsp3) is 0.471. The predicted octanol–water partition coefficient (Wildman–Crippen LogP) is 1.14. The summed E-state index contributed by atoms with van der Waals surface area (Å²) in [5, 5.41) is 11.7. The van der Waals surface area contributed by atoms with Crippen molar-refractivity contribution in [3.05, 3.63) is 29.8 Å². The van der Waals surface area contributed by atoms with E-state index in [-0.39, 0.29) is 30.9 Å². The fourth-order valence-electron chi connectivity index (χ4n) is 2.78. The van der Waals surface area contributed by atoms with Crippen molar-refractivity contribution in [2.75, 3.05) is 20.2 Å². The largest absolute Gasteiger partial charge is 0.497 e. The van der Waals surface area contributed by atoms with Gasteiger partial charge in [-0.15, -0.1) is 0 Å². The third-order valence-electron chi connectivity index (χ3n) is 4.28. The zero-order chi connectivity index (χ0) is 17.7. The molecule has 2 unspecified atom stereocenters. The number of carbonyl (C=O) groups excluding carboxylic acids is 2. The highest BCUT2D eigenvalue weighted by atomic mass is 16.5. The molecule has 1 saturated heterocycles. The first-order valence-electron chi connectivity index (χ1n) is 7.87. The van der Waals surface area contributed by atoms with Crippen molar-refractivity contribution in [3.8, 4) is 5.75 Å². The summed E-state index contributed by atoms with van der Waals surface area (Å²) in [6, 6.07) is 6.61. The molecule has 2 rings (SSSR count). The van der Waals surface area contributed by atoms with Crippen molar-refractivity contribution in [1.29, 1.82) is 0 Å². The molecule has 1 aromatic carbocycles. The zero-order valence-corrected chi connectivity index (χ0v) is 13.8. The average molecular weight is 334 g/mol. The van der Waals surface area contributed by atoms with Gasteiger partial charge in [-0.1, -0.05) is 6.07 Å². The molecule has 0 bridgehead atoms. The number of ether oxygens (including phenoxy) is 1. The van der Waals surface area contributed by atoms with E-state index in [9.17, 15) is 14.4 Å². The molecule has 130 valence electrons. The van der Waals surface area contributed by atoms with Crippen LogP contribution < -0.4 is 10.1 Å². The van der Waals surface area contributed by atoms with Crippen LogP contribution in [-0.4, -0.2) is 54.0 Å². The molecular weight excluding hydrogens is 312 g/mol. The Labute approximate surface area is 140 Å². The highest BCUT2D eigenvalue weighted by Gasteiger charge is 2.32. The molecule has 2 amide bonds. The third kappa shape index (κ3) is 4.24. The van der Waals surface area contributed by atoms with Crippen LogP contribution in [-0.2, 0) is 9.59 Å². The fourth-order valence-corrected chi connectivity index (χ4v) is 2.78. The zero-order valence-electron chi connectivity index (χ0n) is 13.8. The Kier molecular flexibility index (Phi) is 5.78. The van der Waals surface area contributed by atoms with Gasteiger partial charge in [-0.2, -0.15) is 0 Å². The lowest BCUT2D eigenvalue weighted by atomic mass is 9.93. The van der Waals surface area contributed by atoms with E-state index in [0.717, 1.165) is 0 Å². The topological polar surface area (TPSA) is 95.9 Å². The minimum atomic E-state index is -0.889. The van der Waals surface area contributed by atoms with Gasteiger partial charge in [0, 0.05) is 18.2 Å². The van der Waals surface area contributed by atoms with Gasteiger partial charge < -0.3 is 20.1 Å². The lowest BCUT2D eigenvalue weighted by Crippen LogP contribution is -2.50. The Morgan fingerprint density at radius 1 is 1.33 bits per heavy atom. The van der Waals surface area contributed by atoms with Gasteiger partial charge in [0.15, 0.2) is 0 Å². The first-order valence-corrected chi connectivity index (χ1v) is 7.87. The Bertz CT molecular complexity index is 631. The predicted molar refractivity (Wildman–Crippen MR) is 86.9 cm³/mol. The van der Waals surface area contributed by atoms with Crippen LogP contribution in [0.25, 0.3) is 0 Å². The second-order valence-electron chi connectivity index (χ2n) is 5.92. The lowest BCUT2D eigenvalue weighted by Gasteiger charge is -2.36. The number of piperidine rings is 1. The first kappa shape index (κ1) is 17.8. The van der Waals surface area contributed by atoms with Gasteiger partial charge >= 0.3 is 5.97 Å². The van der Waals surface area contributed by atoms with Crippen LogP contribution in [0.2, 0.25) is 0 Å². The lowest BCUT2D eigenvalue weighted by molar-refractivity contribution is -0.146. The van der Waals surface area contributed by atoms with Gasteiger partial charge in [0.05, 0.1) is 19.6 Å². The number of nitrogens with zero attached hydrogens (tertiary/aromatic N) is 1. The molecule has 2 N–H and O–H groups in total. The number of carboxylic acid groups (broad SMARTS) is 1. The van der Waals surface area contributed by atoms with Crippen molar-refractivity contribution in [3.63, 3.8) is 0 Å². The molecule has 0 saturated carbocycles. The molecule has 0 aromatic heterocycles. The maximum absolute atomic E-state index is 12.3. The Hall–Kier alpha value is -2.57. The minimum absolute atomic E-state index is 0.0261. The third-order valence-corrected chi connectivity index (χ3v) is 4.28. The van der Waals surface area contributed by atoms with E-state index < -0.39 is 11.9 Å². The summed E-state index contributed by atoms with van der Waals surface area (Å²) in [4.78, 5) is 37.1. The number of aliphatic carboxylic acids is 1. The van der Waals surface area contributed by atoms with Gasteiger partial charge in [-0.3, -0.25) is 14.4 Å². The number of nitrogens with one attached hydrogen (secondary N) is 1. The van der Waals surface area contributed by atoms with Gasteiger partial charge in [-0.25, -0.2) is 0 Å². The molecule has 1 heterocycles. The summed E-state index contributed by atoms with van der Waals surface area (Å²) in [6.07, 6.45) is 1.21. The molecule has 2 atom stereocenters. The number of rotatable bonds is 5. The summed E-state index contributed by atoms with van der Waals surface area (Å²) >= 11 is 0. The Morgan fingerprint density at radius 3 is 2.75 bits per heavy atom. The van der Waals surface area contributed by atoms with E-state index in [1.165, 1.54) is 12.0 Å².